The number of aromatic nitrogens is 4. The van der Waals surface area contributed by atoms with Crippen LogP contribution < -0.4 is 4.74 Å². The molecule has 5 nitrogen and oxygen atoms in total. The van der Waals surface area contributed by atoms with E-state index in [1.165, 1.54) is 35.0 Å². The van der Waals surface area contributed by atoms with E-state index in [9.17, 15) is 4.39 Å². The molecule has 0 atom stereocenters. The smallest absolute Gasteiger partial charge is 0.140 e. The van der Waals surface area contributed by atoms with E-state index in [4.69, 9.17) is 9.84 Å². The zero-order valence-corrected chi connectivity index (χ0v) is 25.2. The molecule has 0 aliphatic rings. The maximum atomic E-state index is 14.2. The van der Waals surface area contributed by atoms with Gasteiger partial charge >= 0.3 is 0 Å². The topological polar surface area (TPSA) is 44.9 Å². The average molecular weight is 581 g/mol. The fourth-order valence-corrected chi connectivity index (χ4v) is 6.08. The zero-order chi connectivity index (χ0) is 30.4. The third-order valence-corrected chi connectivity index (χ3v) is 8.14. The maximum absolute atomic E-state index is 14.2. The Morgan fingerprint density at radius 3 is 2.20 bits per heavy atom. The fraction of sp³-hybridized carbons (Fsp3) is 0.158. The number of para-hydroxylation sites is 1. The van der Waals surface area contributed by atoms with Crippen LogP contribution in [-0.2, 0) is 0 Å². The van der Waals surface area contributed by atoms with E-state index < -0.39 is 0 Å². The van der Waals surface area contributed by atoms with E-state index >= 15 is 0 Å². The van der Waals surface area contributed by atoms with E-state index in [0.29, 0.717) is 29.2 Å². The second-order valence-electron chi connectivity index (χ2n) is 11.8. The van der Waals surface area contributed by atoms with Gasteiger partial charge in [-0.05, 0) is 64.9 Å². The highest BCUT2D eigenvalue weighted by Crippen LogP contribution is 2.37. The molecule has 4 aromatic carbocycles. The number of rotatable bonds is 7. The molecule has 0 spiro atoms. The SMILES string of the molecule is CC(C)c1cccc(C(C)C)c1-c1cnn(-c2cccc(Oc3ccc4c5ccccc5n(-c5cc(F)ccn5)c4c3)c2)c1. The molecule has 3 aromatic heterocycles. The normalized spacial score (nSPS) is 11.7. The van der Waals surface area contributed by atoms with Crippen molar-refractivity contribution in [1.82, 2.24) is 19.3 Å². The van der Waals surface area contributed by atoms with Crippen LogP contribution in [0.2, 0.25) is 0 Å². The molecule has 0 aliphatic heterocycles. The van der Waals surface area contributed by atoms with Gasteiger partial charge in [0.25, 0.3) is 0 Å². The Morgan fingerprint density at radius 2 is 1.43 bits per heavy atom. The van der Waals surface area contributed by atoms with Gasteiger partial charge in [-0.1, -0.05) is 70.2 Å². The molecular weight excluding hydrogens is 547 g/mol. The minimum atomic E-state index is -0.333. The number of ether oxygens (including phenoxy) is 1. The summed E-state index contributed by atoms with van der Waals surface area (Å²) in [7, 11) is 0. The van der Waals surface area contributed by atoms with Gasteiger partial charge in [0.15, 0.2) is 0 Å². The summed E-state index contributed by atoms with van der Waals surface area (Å²) >= 11 is 0. The van der Waals surface area contributed by atoms with Gasteiger partial charge in [0, 0.05) is 46.9 Å². The third-order valence-electron chi connectivity index (χ3n) is 8.14. The Bertz CT molecular complexity index is 2110. The summed E-state index contributed by atoms with van der Waals surface area (Å²) in [4.78, 5) is 4.47. The van der Waals surface area contributed by atoms with Crippen LogP contribution in [0.1, 0.15) is 50.7 Å². The molecule has 6 heteroatoms. The van der Waals surface area contributed by atoms with Gasteiger partial charge in [-0.2, -0.15) is 5.10 Å². The monoisotopic (exact) mass is 580 g/mol. The van der Waals surface area contributed by atoms with E-state index in [-0.39, 0.29) is 5.82 Å². The van der Waals surface area contributed by atoms with Gasteiger partial charge in [0.1, 0.15) is 23.1 Å². The van der Waals surface area contributed by atoms with Gasteiger partial charge in [-0.15, -0.1) is 0 Å². The maximum Gasteiger partial charge on any atom is 0.140 e. The Balaban J connectivity index is 1.25. The van der Waals surface area contributed by atoms with Crippen molar-refractivity contribution < 1.29 is 9.13 Å². The van der Waals surface area contributed by atoms with Gasteiger partial charge in [0.2, 0.25) is 0 Å². The third kappa shape index (κ3) is 4.92. The Hall–Kier alpha value is -5.23. The Morgan fingerprint density at radius 1 is 0.705 bits per heavy atom. The molecule has 0 N–H and O–H groups in total. The molecule has 3 heterocycles. The van der Waals surface area contributed by atoms with Crippen molar-refractivity contribution in [2.24, 2.45) is 0 Å². The minimum Gasteiger partial charge on any atom is -0.457 e. The molecule has 0 fully saturated rings. The predicted octanol–water partition coefficient (Wildman–Crippen LogP) is 10.2. The molecular formula is C38H33FN4O. The Kier molecular flexibility index (Phi) is 6.97. The molecule has 0 amide bonds. The molecule has 0 saturated carbocycles. The largest absolute Gasteiger partial charge is 0.457 e. The van der Waals surface area contributed by atoms with Crippen molar-refractivity contribution in [2.45, 2.75) is 39.5 Å². The quantitative estimate of drug-likeness (QED) is 0.188. The molecule has 0 saturated heterocycles. The van der Waals surface area contributed by atoms with Crippen molar-refractivity contribution in [2.75, 3.05) is 0 Å². The summed E-state index contributed by atoms with van der Waals surface area (Å²) in [6, 6.07) is 31.4. The second-order valence-corrected chi connectivity index (χ2v) is 11.8. The first-order valence-corrected chi connectivity index (χ1v) is 15.0. The van der Waals surface area contributed by atoms with Crippen LogP contribution in [0.4, 0.5) is 4.39 Å². The van der Waals surface area contributed by atoms with Crippen molar-refractivity contribution in [3.63, 3.8) is 0 Å². The minimum absolute atomic E-state index is 0.333. The van der Waals surface area contributed by atoms with Crippen molar-refractivity contribution in [3.8, 4) is 34.1 Å². The first-order valence-electron chi connectivity index (χ1n) is 15.0. The van der Waals surface area contributed by atoms with Gasteiger partial charge in [-0.3, -0.25) is 4.57 Å². The van der Waals surface area contributed by atoms with Crippen LogP contribution in [-0.4, -0.2) is 19.3 Å². The lowest BCUT2D eigenvalue weighted by Gasteiger charge is -2.18. The molecule has 7 aromatic rings. The number of nitrogens with zero attached hydrogens (tertiary/aromatic N) is 4. The molecule has 7 rings (SSSR count). The number of benzene rings is 4. The summed E-state index contributed by atoms with van der Waals surface area (Å²) in [5.41, 5.74) is 7.78. The zero-order valence-electron chi connectivity index (χ0n) is 25.2. The van der Waals surface area contributed by atoms with Crippen LogP contribution in [0.15, 0.2) is 116 Å². The Labute approximate surface area is 256 Å². The lowest BCUT2D eigenvalue weighted by atomic mass is 9.86. The van der Waals surface area contributed by atoms with Gasteiger partial charge in [0.05, 0.1) is 22.9 Å². The number of fused-ring (bicyclic) bond motifs is 3. The molecule has 0 bridgehead atoms. The average Bonchev–Trinajstić information content (AvgIpc) is 3.64. The fourth-order valence-electron chi connectivity index (χ4n) is 6.08. The summed E-state index contributed by atoms with van der Waals surface area (Å²) in [6.07, 6.45) is 5.54. The molecule has 218 valence electrons. The first kappa shape index (κ1) is 27.6. The van der Waals surface area contributed by atoms with Crippen LogP contribution >= 0.6 is 0 Å². The van der Waals surface area contributed by atoms with Gasteiger partial charge in [-0.25, -0.2) is 14.1 Å². The summed E-state index contributed by atoms with van der Waals surface area (Å²) < 4.78 is 24.5. The highest BCUT2D eigenvalue weighted by Gasteiger charge is 2.18. The second kappa shape index (κ2) is 11.1. The number of hydrogen-bond donors (Lipinski definition) is 0. The number of hydrogen-bond acceptors (Lipinski definition) is 3. The summed E-state index contributed by atoms with van der Waals surface area (Å²) in [5, 5.41) is 6.86. The van der Waals surface area contributed by atoms with Crippen LogP contribution in [0.25, 0.3) is 44.4 Å². The molecule has 0 radical (unpaired) electrons. The highest BCUT2D eigenvalue weighted by atomic mass is 19.1. The van der Waals surface area contributed by atoms with Crippen molar-refractivity contribution in [1.29, 1.82) is 0 Å². The summed E-state index contributed by atoms with van der Waals surface area (Å²) in [6.45, 7) is 8.94. The lowest BCUT2D eigenvalue weighted by Crippen LogP contribution is -1.99. The molecule has 44 heavy (non-hydrogen) atoms. The lowest BCUT2D eigenvalue weighted by molar-refractivity contribution is 0.483. The highest BCUT2D eigenvalue weighted by molar-refractivity contribution is 6.09. The predicted molar refractivity (Wildman–Crippen MR) is 176 cm³/mol. The van der Waals surface area contributed by atoms with Crippen molar-refractivity contribution in [3.05, 3.63) is 133 Å². The number of pyridine rings is 1. The molecule has 0 aliphatic carbocycles. The van der Waals surface area contributed by atoms with E-state index in [0.717, 1.165) is 33.1 Å². The van der Waals surface area contributed by atoms with E-state index in [1.54, 1.807) is 0 Å². The first-order chi connectivity index (χ1) is 21.4. The number of halogens is 1. The molecule has 0 unspecified atom stereocenters. The van der Waals surface area contributed by atoms with Crippen molar-refractivity contribution >= 4 is 21.8 Å². The van der Waals surface area contributed by atoms with Gasteiger partial charge < -0.3 is 4.74 Å². The summed E-state index contributed by atoms with van der Waals surface area (Å²) in [5.74, 6) is 2.34. The van der Waals surface area contributed by atoms with Crippen LogP contribution in [0.5, 0.6) is 11.5 Å². The van der Waals surface area contributed by atoms with E-state index in [2.05, 4.69) is 63.1 Å². The standard InChI is InChI=1S/C38H33FN4O/c1-24(2)31-12-8-13-32(25(3)4)38(31)26-22-41-42(23-26)28-9-7-10-29(20-28)44-30-15-16-34-33-11-5-6-14-35(33)43(36(34)21-30)37-19-27(39)17-18-40-37/h5-25H,1-4H3. The van der Waals surface area contributed by atoms with Crippen LogP contribution in [0, 0.1) is 5.82 Å². The van der Waals surface area contributed by atoms with E-state index in [1.807, 2.05) is 76.1 Å². The van der Waals surface area contributed by atoms with Crippen LogP contribution in [0.3, 0.4) is 0 Å².